The summed E-state index contributed by atoms with van der Waals surface area (Å²) >= 11 is 1.32. The number of fused-ring (bicyclic) bond motifs is 1. The zero-order valence-electron chi connectivity index (χ0n) is 19.1. The molecule has 2 aliphatic heterocycles. The zero-order valence-corrected chi connectivity index (χ0v) is 20.7. The number of alkyl carbamates (subject to hydrolysis) is 1. The average molecular weight is 537 g/mol. The molecule has 15 heteroatoms. The highest BCUT2D eigenvalue weighted by Gasteiger charge is 2.72. The van der Waals surface area contributed by atoms with E-state index in [1.165, 1.54) is 23.6 Å². The molecule has 2 aromatic heterocycles. The van der Waals surface area contributed by atoms with Gasteiger partial charge in [-0.1, -0.05) is 6.07 Å². The first kappa shape index (κ1) is 25.5. The number of carboxylic acids is 1. The van der Waals surface area contributed by atoms with Crippen LogP contribution in [0.4, 0.5) is 9.93 Å². The Hall–Kier alpha value is -3.56. The van der Waals surface area contributed by atoms with E-state index in [4.69, 9.17) is 10.5 Å². The molecule has 0 saturated carbocycles. The van der Waals surface area contributed by atoms with Gasteiger partial charge in [0.15, 0.2) is 26.4 Å². The third kappa shape index (κ3) is 4.40. The molecule has 13 nitrogen and oxygen atoms in total. The number of hydrogen-bond donors (Lipinski definition) is 4. The van der Waals surface area contributed by atoms with Gasteiger partial charge in [-0.25, -0.2) is 23.0 Å². The van der Waals surface area contributed by atoms with E-state index in [0.717, 1.165) is 11.8 Å². The Labute approximate surface area is 210 Å². The Kier molecular flexibility index (Phi) is 6.97. The van der Waals surface area contributed by atoms with Gasteiger partial charge in [-0.3, -0.25) is 9.78 Å². The number of anilines is 1. The van der Waals surface area contributed by atoms with Crippen LogP contribution >= 0.6 is 11.3 Å². The number of sulfone groups is 1. The SMILES string of the molecule is C[C@]1(COC(=O)NCc2csc(NCCN)n2)[C@H](C(=O)O)N2C(=O)/C(=C/c3ccccn3)[C@H]2S1(=O)=O. The maximum absolute atomic E-state index is 13.5. The van der Waals surface area contributed by atoms with Crippen molar-refractivity contribution >= 4 is 50.4 Å². The molecular weight excluding hydrogens is 512 g/mol. The molecule has 2 aliphatic rings. The molecule has 2 amide bonds. The number of carbonyl (C=O) groups is 3. The minimum absolute atomic E-state index is 0.00958. The molecular formula is C21H24N6O7S2. The van der Waals surface area contributed by atoms with Crippen LogP contribution in [0.1, 0.15) is 18.3 Å². The summed E-state index contributed by atoms with van der Waals surface area (Å²) in [5.41, 5.74) is 6.24. The normalized spacial score (nSPS) is 25.2. The molecule has 0 aliphatic carbocycles. The van der Waals surface area contributed by atoms with E-state index in [1.54, 1.807) is 23.6 Å². The number of aliphatic carboxylic acids is 1. The number of thiazole rings is 1. The van der Waals surface area contributed by atoms with E-state index in [0.29, 0.717) is 29.6 Å². The van der Waals surface area contributed by atoms with Crippen LogP contribution in [0.15, 0.2) is 35.3 Å². The van der Waals surface area contributed by atoms with Gasteiger partial charge in [0, 0.05) is 24.7 Å². The lowest BCUT2D eigenvalue weighted by Gasteiger charge is -2.37. The molecule has 3 atom stereocenters. The highest BCUT2D eigenvalue weighted by molar-refractivity contribution is 7.94. The van der Waals surface area contributed by atoms with Gasteiger partial charge in [0.1, 0.15) is 11.4 Å². The summed E-state index contributed by atoms with van der Waals surface area (Å²) in [6, 6.07) is 3.19. The molecule has 2 aromatic rings. The van der Waals surface area contributed by atoms with Crippen LogP contribution in [0.2, 0.25) is 0 Å². The number of β-lactam (4-membered cyclic amide) rings is 1. The van der Waals surface area contributed by atoms with Crippen molar-refractivity contribution in [3.05, 3.63) is 46.7 Å². The molecule has 0 radical (unpaired) electrons. The number of nitrogens with two attached hydrogens (primary N) is 1. The first-order valence-electron chi connectivity index (χ1n) is 10.8. The average Bonchev–Trinajstić information content (AvgIpc) is 3.37. The van der Waals surface area contributed by atoms with Gasteiger partial charge < -0.3 is 31.1 Å². The second-order valence-electron chi connectivity index (χ2n) is 8.31. The molecule has 192 valence electrons. The number of amides is 2. The Morgan fingerprint density at radius 3 is 2.83 bits per heavy atom. The van der Waals surface area contributed by atoms with Crippen LogP contribution in [-0.4, -0.2) is 82.2 Å². The van der Waals surface area contributed by atoms with Crippen LogP contribution in [-0.2, 0) is 30.7 Å². The van der Waals surface area contributed by atoms with E-state index in [2.05, 4.69) is 20.6 Å². The molecule has 0 bridgehead atoms. The topological polar surface area (TPSA) is 194 Å². The standard InChI is InChI=1S/C21H24N6O7S2/c1-21(11-34-20(31)25-9-13-10-35-19(26-13)24-7-5-22)15(18(29)30)27-16(28)14(17(27)36(21,32)33)8-12-4-2-3-6-23-12/h2-4,6,8,10,15,17H,5,7,9,11,22H2,1H3,(H,24,26)(H,25,31)(H,29,30)/b14-8-/t15-,17+,21-/m0/s1. The van der Waals surface area contributed by atoms with Crippen molar-refractivity contribution in [2.45, 2.75) is 29.6 Å². The van der Waals surface area contributed by atoms with Crippen molar-refractivity contribution < 1.29 is 32.6 Å². The Balaban J connectivity index is 1.47. The minimum Gasteiger partial charge on any atom is -0.480 e. The Morgan fingerprint density at radius 2 is 2.17 bits per heavy atom. The van der Waals surface area contributed by atoms with E-state index < -0.39 is 50.6 Å². The number of nitrogens with one attached hydrogen (secondary N) is 2. The second-order valence-corrected chi connectivity index (χ2v) is 11.6. The third-order valence-electron chi connectivity index (χ3n) is 5.90. The fourth-order valence-corrected chi connectivity index (χ4v) is 7.10. The summed E-state index contributed by atoms with van der Waals surface area (Å²) in [5.74, 6) is -2.24. The number of carboxylic acid groups (broad SMARTS) is 1. The van der Waals surface area contributed by atoms with Gasteiger partial charge in [0.05, 0.1) is 23.5 Å². The molecule has 5 N–H and O–H groups in total. The second kappa shape index (κ2) is 9.83. The Morgan fingerprint density at radius 1 is 1.39 bits per heavy atom. The van der Waals surface area contributed by atoms with Crippen molar-refractivity contribution in [1.29, 1.82) is 0 Å². The number of nitrogens with zero attached hydrogens (tertiary/aromatic N) is 3. The van der Waals surface area contributed by atoms with Crippen LogP contribution in [0.3, 0.4) is 0 Å². The molecule has 2 saturated heterocycles. The van der Waals surface area contributed by atoms with E-state index >= 15 is 0 Å². The number of hydrogen-bond acceptors (Lipinski definition) is 11. The van der Waals surface area contributed by atoms with Gasteiger partial charge in [0.2, 0.25) is 0 Å². The fraction of sp³-hybridized carbons (Fsp3) is 0.381. The molecule has 4 rings (SSSR count). The Bertz CT molecular complexity index is 1310. The van der Waals surface area contributed by atoms with Gasteiger partial charge >= 0.3 is 12.1 Å². The van der Waals surface area contributed by atoms with Crippen molar-refractivity contribution in [3.63, 3.8) is 0 Å². The van der Waals surface area contributed by atoms with Crippen molar-refractivity contribution in [2.24, 2.45) is 5.73 Å². The molecule has 0 aromatic carbocycles. The van der Waals surface area contributed by atoms with Crippen LogP contribution < -0.4 is 16.4 Å². The number of ether oxygens (including phenoxy) is 1. The monoisotopic (exact) mass is 536 g/mol. The smallest absolute Gasteiger partial charge is 0.407 e. The van der Waals surface area contributed by atoms with Gasteiger partial charge in [0.25, 0.3) is 5.91 Å². The molecule has 4 heterocycles. The zero-order chi connectivity index (χ0) is 26.1. The first-order valence-corrected chi connectivity index (χ1v) is 13.2. The minimum atomic E-state index is -4.30. The molecule has 0 spiro atoms. The highest BCUT2D eigenvalue weighted by atomic mass is 32.2. The predicted octanol–water partition coefficient (Wildman–Crippen LogP) is 0.0271. The van der Waals surface area contributed by atoms with Crippen molar-refractivity contribution in [1.82, 2.24) is 20.2 Å². The number of pyridine rings is 1. The summed E-state index contributed by atoms with van der Waals surface area (Å²) in [7, 11) is -4.30. The molecule has 2 fully saturated rings. The van der Waals surface area contributed by atoms with Gasteiger partial charge in [-0.15, -0.1) is 11.3 Å². The number of aromatic nitrogens is 2. The maximum Gasteiger partial charge on any atom is 0.407 e. The van der Waals surface area contributed by atoms with Crippen LogP contribution in [0.5, 0.6) is 0 Å². The summed E-state index contributed by atoms with van der Waals surface area (Å²) in [6.45, 7) is 1.38. The molecule has 0 unspecified atom stereocenters. The van der Waals surface area contributed by atoms with Crippen LogP contribution in [0, 0.1) is 0 Å². The first-order chi connectivity index (χ1) is 17.1. The van der Waals surface area contributed by atoms with Crippen molar-refractivity contribution in [3.8, 4) is 0 Å². The summed E-state index contributed by atoms with van der Waals surface area (Å²) in [4.78, 5) is 46.3. The number of rotatable bonds is 9. The number of carbonyl (C=O) groups excluding carboxylic acids is 2. The van der Waals surface area contributed by atoms with Crippen LogP contribution in [0.25, 0.3) is 6.08 Å². The summed E-state index contributed by atoms with van der Waals surface area (Å²) < 4.78 is 30.0. The maximum atomic E-state index is 13.5. The van der Waals surface area contributed by atoms with E-state index in [1.807, 2.05) is 0 Å². The van der Waals surface area contributed by atoms with E-state index in [9.17, 15) is 27.9 Å². The quantitative estimate of drug-likeness (QED) is 0.249. The summed E-state index contributed by atoms with van der Waals surface area (Å²) in [5, 5.41) is 16.1. The lowest BCUT2D eigenvalue weighted by atomic mass is 9.94. The highest BCUT2D eigenvalue weighted by Crippen LogP contribution is 2.49. The largest absolute Gasteiger partial charge is 0.480 e. The molecule has 36 heavy (non-hydrogen) atoms. The van der Waals surface area contributed by atoms with E-state index in [-0.39, 0.29) is 12.1 Å². The van der Waals surface area contributed by atoms with Crippen molar-refractivity contribution in [2.75, 3.05) is 25.0 Å². The van der Waals surface area contributed by atoms with Gasteiger partial charge in [-0.05, 0) is 25.1 Å². The fourth-order valence-electron chi connectivity index (χ4n) is 4.09. The third-order valence-corrected chi connectivity index (χ3v) is 9.46. The summed E-state index contributed by atoms with van der Waals surface area (Å²) in [6.07, 6.45) is 1.85. The lowest BCUT2D eigenvalue weighted by molar-refractivity contribution is -0.153. The predicted molar refractivity (Wildman–Crippen MR) is 129 cm³/mol. The van der Waals surface area contributed by atoms with Gasteiger partial charge in [-0.2, -0.15) is 0 Å². The lowest BCUT2D eigenvalue weighted by Crippen LogP contribution is -2.59.